The van der Waals surface area contributed by atoms with Gasteiger partial charge in [-0.05, 0) is 104 Å². The lowest BCUT2D eigenvalue weighted by molar-refractivity contribution is -0.138. The van der Waals surface area contributed by atoms with Gasteiger partial charge in [0.15, 0.2) is 0 Å². The minimum absolute atomic E-state index is 0. The zero-order valence-electron chi connectivity index (χ0n) is 44.5. The largest absolute Gasteiger partial charge is 0.343 e. The monoisotopic (exact) mass is 918 g/mol. The maximum Gasteiger partial charge on any atom is 0.222 e. The number of carbonyl (C=O) groups excluding carboxylic acids is 5. The van der Waals surface area contributed by atoms with E-state index in [0.717, 1.165) is 107 Å². The van der Waals surface area contributed by atoms with Crippen molar-refractivity contribution in [3.05, 3.63) is 0 Å². The summed E-state index contributed by atoms with van der Waals surface area (Å²) in [6.07, 6.45) is 14.5. The van der Waals surface area contributed by atoms with Crippen LogP contribution in [0.1, 0.15) is 201 Å². The topological polar surface area (TPSA) is 102 Å². The van der Waals surface area contributed by atoms with Gasteiger partial charge >= 0.3 is 0 Å². The summed E-state index contributed by atoms with van der Waals surface area (Å²) in [7, 11) is 0. The average Bonchev–Trinajstić information content (AvgIpc) is 3.77. The first kappa shape index (κ1) is 62.4. The van der Waals surface area contributed by atoms with E-state index in [2.05, 4.69) is 74.1 Å². The molecule has 0 aromatic rings. The first-order valence-electron chi connectivity index (χ1n) is 26.6. The Morgan fingerprint density at radius 3 is 0.969 bits per heavy atom. The van der Waals surface area contributed by atoms with Gasteiger partial charge in [-0.2, -0.15) is 0 Å². The minimum Gasteiger partial charge on any atom is -0.343 e. The van der Waals surface area contributed by atoms with E-state index >= 15 is 0 Å². The summed E-state index contributed by atoms with van der Waals surface area (Å²) >= 11 is 0. The van der Waals surface area contributed by atoms with Gasteiger partial charge in [0.2, 0.25) is 29.5 Å². The van der Waals surface area contributed by atoms with Crippen LogP contribution in [-0.2, 0) is 24.0 Å². The van der Waals surface area contributed by atoms with Crippen LogP contribution < -0.4 is 0 Å². The molecule has 5 saturated heterocycles. The molecule has 3 atom stereocenters. The Morgan fingerprint density at radius 1 is 0.323 bits per heavy atom. The van der Waals surface area contributed by atoms with Crippen molar-refractivity contribution < 1.29 is 24.0 Å². The number of amides is 5. The lowest BCUT2D eigenvalue weighted by Gasteiger charge is -2.41. The molecule has 5 aliphatic heterocycles. The van der Waals surface area contributed by atoms with E-state index < -0.39 is 0 Å². The Kier molecular flexibility index (Phi) is 32.4. The first-order valence-corrected chi connectivity index (χ1v) is 26.6. The van der Waals surface area contributed by atoms with Gasteiger partial charge in [-0.1, -0.05) is 124 Å². The SMILES string of the molecule is C.CCC(=O)N1CC(C(C)C)C1.CCC(=O)N1CCC(C(C)C)C1.CCC(=O)N1CCC(C(C)C)CC1.CCC(=O)N1CCCC(C(C)C)C1.CCC(=O)N1CCCCCC(C(C)C)C1. The predicted octanol–water partition coefficient (Wildman–Crippen LogP) is 11.7. The van der Waals surface area contributed by atoms with Crippen LogP contribution in [0.4, 0.5) is 0 Å². The summed E-state index contributed by atoms with van der Waals surface area (Å²) in [4.78, 5) is 67.0. The van der Waals surface area contributed by atoms with Crippen molar-refractivity contribution >= 4 is 29.5 Å². The fourth-order valence-corrected chi connectivity index (χ4v) is 9.53. The number of rotatable bonds is 10. The molecule has 0 saturated carbocycles. The molecule has 5 aliphatic rings. The second kappa shape index (κ2) is 33.8. The molecule has 0 aromatic carbocycles. The van der Waals surface area contributed by atoms with Crippen molar-refractivity contribution in [1.82, 2.24) is 24.5 Å². The summed E-state index contributed by atoms with van der Waals surface area (Å²) < 4.78 is 0. The van der Waals surface area contributed by atoms with Crippen LogP contribution in [0, 0.1) is 59.2 Å². The summed E-state index contributed by atoms with van der Waals surface area (Å²) in [5, 5.41) is 0. The van der Waals surface area contributed by atoms with Crippen molar-refractivity contribution in [3.8, 4) is 0 Å². The molecular formula is C55H107N5O5. The second-order valence-corrected chi connectivity index (χ2v) is 21.3. The molecule has 0 aliphatic carbocycles. The third-order valence-electron chi connectivity index (χ3n) is 15.1. The number of hydrogen-bond acceptors (Lipinski definition) is 5. The van der Waals surface area contributed by atoms with E-state index in [1.807, 2.05) is 54.2 Å². The molecule has 10 heteroatoms. The van der Waals surface area contributed by atoms with Crippen molar-refractivity contribution in [1.29, 1.82) is 0 Å². The van der Waals surface area contributed by atoms with E-state index in [1.54, 1.807) is 0 Å². The van der Waals surface area contributed by atoms with Crippen molar-refractivity contribution in [2.24, 2.45) is 59.2 Å². The fraction of sp³-hybridized carbons (Fsp3) is 0.909. The highest BCUT2D eigenvalue weighted by molar-refractivity contribution is 5.77. The van der Waals surface area contributed by atoms with E-state index in [-0.39, 0.29) is 7.43 Å². The van der Waals surface area contributed by atoms with Crippen LogP contribution in [0.15, 0.2) is 0 Å². The minimum atomic E-state index is 0. The molecule has 5 rings (SSSR count). The third-order valence-corrected chi connectivity index (χ3v) is 15.1. The van der Waals surface area contributed by atoms with E-state index in [9.17, 15) is 24.0 Å². The van der Waals surface area contributed by atoms with Gasteiger partial charge in [0.05, 0.1) is 0 Å². The summed E-state index contributed by atoms with van der Waals surface area (Å²) in [5.74, 6) is 9.02. The average molecular weight is 918 g/mol. The standard InChI is InChI=1S/C13H25NO.2C11H21NO.C10H19NO.C9H17NO.CH4/c1-4-13(15)14-9-7-5-6-8-12(10-14)11(2)3;1-4-11(13)12-7-5-10(6-8-12)9(2)3;1-4-11(13)12-7-5-6-10(8-12)9(2)3;1-4-10(12)11-6-5-9(7-11)8(2)3;1-4-9(11)10-5-8(6-10)7(2)3;/h11-12H,4-10H2,1-3H3;2*9-10H,4-8H2,1-3H3;8-9H,4-7H2,1-3H3;7-8H,4-6H2,1-3H3;1H4. The molecule has 0 radical (unpaired) electrons. The highest BCUT2D eigenvalue weighted by Gasteiger charge is 2.31. The molecule has 0 bridgehead atoms. The van der Waals surface area contributed by atoms with Crippen LogP contribution in [-0.4, -0.2) is 119 Å². The van der Waals surface area contributed by atoms with Gasteiger partial charge in [0.1, 0.15) is 0 Å². The lowest BCUT2D eigenvalue weighted by Crippen LogP contribution is -2.51. The van der Waals surface area contributed by atoms with Gasteiger partial charge in [-0.15, -0.1) is 0 Å². The molecule has 10 nitrogen and oxygen atoms in total. The van der Waals surface area contributed by atoms with Crippen LogP contribution in [0.2, 0.25) is 0 Å². The van der Waals surface area contributed by atoms with Gasteiger partial charge in [0, 0.05) is 97.6 Å². The fourth-order valence-electron chi connectivity index (χ4n) is 9.53. The lowest BCUT2D eigenvalue weighted by atomic mass is 9.87. The van der Waals surface area contributed by atoms with Gasteiger partial charge in [-0.3, -0.25) is 24.0 Å². The van der Waals surface area contributed by atoms with Crippen molar-refractivity contribution in [2.75, 3.05) is 65.4 Å². The van der Waals surface area contributed by atoms with Crippen LogP contribution >= 0.6 is 0 Å². The van der Waals surface area contributed by atoms with Crippen LogP contribution in [0.25, 0.3) is 0 Å². The number of nitrogens with zero attached hydrogens (tertiary/aromatic N) is 5. The number of piperidine rings is 2. The summed E-state index contributed by atoms with van der Waals surface area (Å²) in [6.45, 7) is 42.1. The Hall–Kier alpha value is -2.65. The molecule has 5 amide bonds. The molecule has 0 N–H and O–H groups in total. The maximum absolute atomic E-state index is 11.7. The first-order chi connectivity index (χ1) is 30.2. The van der Waals surface area contributed by atoms with Gasteiger partial charge in [-0.25, -0.2) is 0 Å². The normalized spacial score (nSPS) is 21.7. The van der Waals surface area contributed by atoms with Crippen molar-refractivity contribution in [3.63, 3.8) is 0 Å². The molecule has 382 valence electrons. The Labute approximate surface area is 402 Å². The number of hydrogen-bond donors (Lipinski definition) is 0. The molecule has 0 aromatic heterocycles. The molecule has 0 spiro atoms. The highest BCUT2D eigenvalue weighted by Crippen LogP contribution is 2.27. The van der Waals surface area contributed by atoms with E-state index in [0.29, 0.717) is 79.4 Å². The Morgan fingerprint density at radius 2 is 0.600 bits per heavy atom. The van der Waals surface area contributed by atoms with Crippen LogP contribution in [0.3, 0.4) is 0 Å². The number of carbonyl (C=O) groups is 5. The zero-order valence-corrected chi connectivity index (χ0v) is 44.5. The predicted molar refractivity (Wildman–Crippen MR) is 274 cm³/mol. The molecule has 65 heavy (non-hydrogen) atoms. The Bertz CT molecular complexity index is 1320. The van der Waals surface area contributed by atoms with E-state index in [1.165, 1.54) is 57.8 Å². The van der Waals surface area contributed by atoms with Crippen molar-refractivity contribution in [2.45, 2.75) is 201 Å². The second-order valence-electron chi connectivity index (χ2n) is 21.3. The van der Waals surface area contributed by atoms with E-state index in [4.69, 9.17) is 0 Å². The Balaban J connectivity index is 0.000000787. The summed E-state index contributed by atoms with van der Waals surface area (Å²) in [6, 6.07) is 0. The maximum atomic E-state index is 11.7. The molecule has 3 unspecified atom stereocenters. The molecular weight excluding hydrogens is 811 g/mol. The summed E-state index contributed by atoms with van der Waals surface area (Å²) in [5.41, 5.74) is 0. The van der Waals surface area contributed by atoms with Crippen LogP contribution in [0.5, 0.6) is 0 Å². The molecule has 5 fully saturated rings. The van der Waals surface area contributed by atoms with Gasteiger partial charge < -0.3 is 24.5 Å². The zero-order chi connectivity index (χ0) is 48.5. The number of likely N-dealkylation sites (tertiary alicyclic amines) is 5. The third kappa shape index (κ3) is 23.3. The smallest absolute Gasteiger partial charge is 0.222 e. The molecule has 5 heterocycles. The highest BCUT2D eigenvalue weighted by atomic mass is 16.2. The quantitative estimate of drug-likeness (QED) is 0.217. The van der Waals surface area contributed by atoms with Gasteiger partial charge in [0.25, 0.3) is 0 Å².